The Morgan fingerprint density at radius 3 is 2.44 bits per heavy atom. The fourth-order valence-corrected chi connectivity index (χ4v) is 5.11. The second kappa shape index (κ2) is 7.64. The highest BCUT2D eigenvalue weighted by Crippen LogP contribution is 2.23. The molecule has 27 heavy (non-hydrogen) atoms. The first-order chi connectivity index (χ1) is 12.8. The number of aryl methyl sites for hydroxylation is 2. The summed E-state index contributed by atoms with van der Waals surface area (Å²) >= 11 is 0. The third-order valence-corrected chi connectivity index (χ3v) is 6.61. The van der Waals surface area contributed by atoms with Crippen LogP contribution >= 0.6 is 0 Å². The van der Waals surface area contributed by atoms with Gasteiger partial charge >= 0.3 is 0 Å². The molecule has 1 saturated heterocycles. The molecule has 3 rings (SSSR count). The number of benzene rings is 1. The van der Waals surface area contributed by atoms with Crippen LogP contribution in [0.4, 0.5) is 11.5 Å². The molecular formula is C19H24N4O3S. The minimum atomic E-state index is -3.06. The van der Waals surface area contributed by atoms with Crippen LogP contribution in [-0.2, 0) is 9.84 Å². The van der Waals surface area contributed by atoms with Gasteiger partial charge in [-0.2, -0.15) is 0 Å². The SMILES string of the molecule is CCN(C(=O)c1cnc(Nc2c(C)cccc2C)cn1)C1CCS(=O)(=O)C1. The summed E-state index contributed by atoms with van der Waals surface area (Å²) in [7, 11) is -3.06. The average Bonchev–Trinajstić information content (AvgIpc) is 2.99. The van der Waals surface area contributed by atoms with E-state index >= 15 is 0 Å². The van der Waals surface area contributed by atoms with Crippen molar-refractivity contribution in [2.24, 2.45) is 0 Å². The smallest absolute Gasteiger partial charge is 0.274 e. The third-order valence-electron chi connectivity index (χ3n) is 4.86. The van der Waals surface area contributed by atoms with Crippen molar-refractivity contribution in [1.82, 2.24) is 14.9 Å². The van der Waals surface area contributed by atoms with E-state index in [-0.39, 0.29) is 29.1 Å². The van der Waals surface area contributed by atoms with E-state index in [2.05, 4.69) is 15.3 Å². The van der Waals surface area contributed by atoms with Crippen LogP contribution in [-0.4, -0.2) is 53.3 Å². The lowest BCUT2D eigenvalue weighted by molar-refractivity contribution is 0.0702. The summed E-state index contributed by atoms with van der Waals surface area (Å²) in [5.41, 5.74) is 3.37. The van der Waals surface area contributed by atoms with Gasteiger partial charge in [0.25, 0.3) is 5.91 Å². The molecule has 0 saturated carbocycles. The van der Waals surface area contributed by atoms with E-state index in [1.807, 2.05) is 39.0 Å². The number of nitrogens with one attached hydrogen (secondary N) is 1. The molecule has 1 fully saturated rings. The number of carbonyl (C=O) groups excluding carboxylic acids is 1. The van der Waals surface area contributed by atoms with Crippen LogP contribution in [0.25, 0.3) is 0 Å². The topological polar surface area (TPSA) is 92.3 Å². The van der Waals surface area contributed by atoms with E-state index in [9.17, 15) is 13.2 Å². The fraction of sp³-hybridized carbons (Fsp3) is 0.421. The van der Waals surface area contributed by atoms with Crippen LogP contribution < -0.4 is 5.32 Å². The van der Waals surface area contributed by atoms with Crippen molar-refractivity contribution in [2.45, 2.75) is 33.2 Å². The van der Waals surface area contributed by atoms with Crippen molar-refractivity contribution >= 4 is 27.2 Å². The van der Waals surface area contributed by atoms with Gasteiger partial charge in [0, 0.05) is 18.3 Å². The molecule has 1 aromatic carbocycles. The zero-order valence-electron chi connectivity index (χ0n) is 15.8. The highest BCUT2D eigenvalue weighted by Gasteiger charge is 2.34. The number of sulfone groups is 1. The molecule has 144 valence electrons. The number of aromatic nitrogens is 2. The lowest BCUT2D eigenvalue weighted by Gasteiger charge is -2.26. The molecule has 0 aliphatic carbocycles. The van der Waals surface area contributed by atoms with E-state index in [1.54, 1.807) is 4.90 Å². The second-order valence-corrected chi connectivity index (χ2v) is 9.06. The van der Waals surface area contributed by atoms with Gasteiger partial charge in [0.2, 0.25) is 0 Å². The van der Waals surface area contributed by atoms with Crippen LogP contribution in [0.2, 0.25) is 0 Å². The molecule has 2 heterocycles. The zero-order valence-corrected chi connectivity index (χ0v) is 16.6. The predicted molar refractivity (Wildman–Crippen MR) is 105 cm³/mol. The van der Waals surface area contributed by atoms with Crippen molar-refractivity contribution < 1.29 is 13.2 Å². The number of anilines is 2. The molecule has 1 aromatic heterocycles. The van der Waals surface area contributed by atoms with Gasteiger partial charge in [-0.1, -0.05) is 18.2 Å². The molecule has 7 nitrogen and oxygen atoms in total. The van der Waals surface area contributed by atoms with E-state index in [0.29, 0.717) is 18.8 Å². The highest BCUT2D eigenvalue weighted by molar-refractivity contribution is 7.91. The minimum absolute atomic E-state index is 0.0200. The van der Waals surface area contributed by atoms with Crippen LogP contribution in [0.1, 0.15) is 35.0 Å². The summed E-state index contributed by atoms with van der Waals surface area (Å²) in [6.07, 6.45) is 3.43. The average molecular weight is 388 g/mol. The van der Waals surface area contributed by atoms with Crippen molar-refractivity contribution in [2.75, 3.05) is 23.4 Å². The first kappa shape index (κ1) is 19.3. The van der Waals surface area contributed by atoms with Crippen LogP contribution in [0.5, 0.6) is 0 Å². The molecule has 0 bridgehead atoms. The lowest BCUT2D eigenvalue weighted by Crippen LogP contribution is -2.41. The Hall–Kier alpha value is -2.48. The summed E-state index contributed by atoms with van der Waals surface area (Å²) in [5.74, 6) is 0.416. The Bertz CT molecular complexity index is 922. The van der Waals surface area contributed by atoms with E-state index in [1.165, 1.54) is 12.4 Å². The number of hydrogen-bond donors (Lipinski definition) is 1. The number of amides is 1. The Kier molecular flexibility index (Phi) is 5.46. The van der Waals surface area contributed by atoms with Gasteiger partial charge in [-0.3, -0.25) is 4.79 Å². The van der Waals surface area contributed by atoms with Crippen molar-refractivity contribution in [1.29, 1.82) is 0 Å². The summed E-state index contributed by atoms with van der Waals surface area (Å²) < 4.78 is 23.4. The maximum absolute atomic E-state index is 12.8. The quantitative estimate of drug-likeness (QED) is 0.846. The molecule has 8 heteroatoms. The maximum Gasteiger partial charge on any atom is 0.274 e. The lowest BCUT2D eigenvalue weighted by atomic mass is 10.1. The molecule has 1 amide bonds. The Balaban J connectivity index is 1.75. The monoisotopic (exact) mass is 388 g/mol. The van der Waals surface area contributed by atoms with E-state index in [4.69, 9.17) is 0 Å². The largest absolute Gasteiger partial charge is 0.339 e. The van der Waals surface area contributed by atoms with Gasteiger partial charge in [-0.25, -0.2) is 18.4 Å². The van der Waals surface area contributed by atoms with E-state index in [0.717, 1.165) is 16.8 Å². The van der Waals surface area contributed by atoms with Gasteiger partial charge in [0.15, 0.2) is 9.84 Å². The zero-order chi connectivity index (χ0) is 19.6. The molecular weight excluding hydrogens is 364 g/mol. The summed E-state index contributed by atoms with van der Waals surface area (Å²) in [6, 6.07) is 5.72. The van der Waals surface area contributed by atoms with Crippen molar-refractivity contribution in [3.8, 4) is 0 Å². The first-order valence-electron chi connectivity index (χ1n) is 8.97. The number of carbonyl (C=O) groups is 1. The Morgan fingerprint density at radius 2 is 1.93 bits per heavy atom. The van der Waals surface area contributed by atoms with Crippen molar-refractivity contribution in [3.63, 3.8) is 0 Å². The number of para-hydroxylation sites is 1. The second-order valence-electron chi connectivity index (χ2n) is 6.83. The molecule has 1 N–H and O–H groups in total. The molecule has 2 aromatic rings. The highest BCUT2D eigenvalue weighted by atomic mass is 32.2. The number of nitrogens with zero attached hydrogens (tertiary/aromatic N) is 3. The maximum atomic E-state index is 12.8. The standard InChI is InChI=1S/C19H24N4O3S/c1-4-23(15-8-9-27(25,26)12-15)19(24)16-10-21-17(11-20-16)22-18-13(2)6-5-7-14(18)3/h5-7,10-11,15H,4,8-9,12H2,1-3H3,(H,21,22). The summed E-state index contributed by atoms with van der Waals surface area (Å²) in [4.78, 5) is 22.9. The Labute approximate surface area is 159 Å². The predicted octanol–water partition coefficient (Wildman–Crippen LogP) is 2.49. The molecule has 1 aliphatic rings. The van der Waals surface area contributed by atoms with Crippen LogP contribution in [0.3, 0.4) is 0 Å². The normalized spacial score (nSPS) is 18.3. The summed E-state index contributed by atoms with van der Waals surface area (Å²) in [6.45, 7) is 6.29. The molecule has 1 unspecified atom stereocenters. The fourth-order valence-electron chi connectivity index (χ4n) is 3.38. The van der Waals surface area contributed by atoms with Gasteiger partial charge in [-0.05, 0) is 38.3 Å². The molecule has 0 radical (unpaired) electrons. The Morgan fingerprint density at radius 1 is 1.22 bits per heavy atom. The number of rotatable bonds is 5. The van der Waals surface area contributed by atoms with Gasteiger partial charge in [0.05, 0.1) is 23.9 Å². The summed E-state index contributed by atoms with van der Waals surface area (Å²) in [5, 5.41) is 3.24. The van der Waals surface area contributed by atoms with Gasteiger partial charge in [-0.15, -0.1) is 0 Å². The number of hydrogen-bond acceptors (Lipinski definition) is 6. The van der Waals surface area contributed by atoms with Gasteiger partial charge < -0.3 is 10.2 Å². The van der Waals surface area contributed by atoms with Gasteiger partial charge in [0.1, 0.15) is 11.5 Å². The molecule has 1 atom stereocenters. The molecule has 1 aliphatic heterocycles. The van der Waals surface area contributed by atoms with Crippen LogP contribution in [0, 0.1) is 13.8 Å². The first-order valence-corrected chi connectivity index (χ1v) is 10.8. The third kappa shape index (κ3) is 4.27. The van der Waals surface area contributed by atoms with Crippen LogP contribution in [0.15, 0.2) is 30.6 Å². The molecule has 0 spiro atoms. The minimum Gasteiger partial charge on any atom is -0.339 e. The van der Waals surface area contributed by atoms with E-state index < -0.39 is 9.84 Å². The van der Waals surface area contributed by atoms with Crippen molar-refractivity contribution in [3.05, 3.63) is 47.4 Å².